The van der Waals surface area contributed by atoms with Crippen molar-refractivity contribution in [1.82, 2.24) is 0 Å². The number of nitrogens with zero attached hydrogens (tertiary/aromatic N) is 2. The van der Waals surface area contributed by atoms with E-state index in [9.17, 15) is 20.2 Å². The summed E-state index contributed by atoms with van der Waals surface area (Å²) < 4.78 is 0. The predicted octanol–water partition coefficient (Wildman–Crippen LogP) is 9.84. The number of nitro benzene ring substituents is 2. The van der Waals surface area contributed by atoms with E-state index in [1.807, 2.05) is 60.7 Å². The monoisotopic (exact) mass is 548 g/mol. The number of nitro groups is 2. The molecule has 0 amide bonds. The van der Waals surface area contributed by atoms with Crippen molar-refractivity contribution in [3.05, 3.63) is 166 Å². The van der Waals surface area contributed by atoms with Gasteiger partial charge in [0, 0.05) is 24.3 Å². The smallest absolute Gasteiger partial charge is 0.258 e. The summed E-state index contributed by atoms with van der Waals surface area (Å²) in [4.78, 5) is 21.7. The molecule has 42 heavy (non-hydrogen) atoms. The first-order chi connectivity index (χ1) is 20.5. The maximum Gasteiger partial charge on any atom is 0.269 e. The van der Waals surface area contributed by atoms with E-state index in [1.54, 1.807) is 24.3 Å². The number of rotatable bonds is 7. The van der Waals surface area contributed by atoms with E-state index in [4.69, 9.17) is 0 Å². The minimum absolute atomic E-state index is 0.0530. The standard InChI is InChI=1S/C36H24N2O4/c39-37(40)27-21-17-25(18-22-27)29-9-1-3-11-31(29)33-13-5-7-15-35(33)36-16-8-6-14-34(36)32-12-4-2-10-30(32)26-19-23-28(24-20-26)38(41)42/h1-24H. The number of hydrogen-bond acceptors (Lipinski definition) is 4. The lowest BCUT2D eigenvalue weighted by Crippen LogP contribution is -1.93. The molecule has 0 bridgehead atoms. The Morgan fingerprint density at radius 1 is 0.310 bits per heavy atom. The summed E-state index contributed by atoms with van der Waals surface area (Å²) in [5.74, 6) is 0. The molecule has 0 N–H and O–H groups in total. The maximum absolute atomic E-state index is 11.2. The van der Waals surface area contributed by atoms with Crippen molar-refractivity contribution in [3.63, 3.8) is 0 Å². The number of hydrogen-bond donors (Lipinski definition) is 0. The summed E-state index contributed by atoms with van der Waals surface area (Å²) in [5, 5.41) is 22.4. The fourth-order valence-corrected chi connectivity index (χ4v) is 5.37. The van der Waals surface area contributed by atoms with Gasteiger partial charge in [0.1, 0.15) is 0 Å². The fourth-order valence-electron chi connectivity index (χ4n) is 5.37. The molecule has 0 aliphatic rings. The van der Waals surface area contributed by atoms with E-state index in [1.165, 1.54) is 24.3 Å². The van der Waals surface area contributed by atoms with Crippen LogP contribution in [0.15, 0.2) is 146 Å². The quantitative estimate of drug-likeness (QED) is 0.147. The lowest BCUT2D eigenvalue weighted by atomic mass is 9.85. The van der Waals surface area contributed by atoms with Gasteiger partial charge in [-0.1, -0.05) is 97.1 Å². The van der Waals surface area contributed by atoms with Gasteiger partial charge in [-0.05, 0) is 79.9 Å². The molecular weight excluding hydrogens is 524 g/mol. The Hall–Kier alpha value is -5.88. The molecule has 0 saturated carbocycles. The van der Waals surface area contributed by atoms with Gasteiger partial charge in [0.25, 0.3) is 11.4 Å². The second kappa shape index (κ2) is 11.3. The van der Waals surface area contributed by atoms with Crippen molar-refractivity contribution >= 4 is 11.4 Å². The van der Waals surface area contributed by atoms with Crippen LogP contribution in [0.1, 0.15) is 0 Å². The summed E-state index contributed by atoms with van der Waals surface area (Å²) in [7, 11) is 0. The molecule has 0 aliphatic carbocycles. The van der Waals surface area contributed by atoms with Gasteiger partial charge >= 0.3 is 0 Å². The van der Waals surface area contributed by atoms with Gasteiger partial charge in [0.05, 0.1) is 9.85 Å². The average molecular weight is 549 g/mol. The first-order valence-corrected chi connectivity index (χ1v) is 13.4. The van der Waals surface area contributed by atoms with Gasteiger partial charge in [0.2, 0.25) is 0 Å². The van der Waals surface area contributed by atoms with Crippen LogP contribution in [0.25, 0.3) is 55.6 Å². The Bertz CT molecular complexity index is 1790. The normalized spacial score (nSPS) is 10.8. The lowest BCUT2D eigenvalue weighted by Gasteiger charge is -2.18. The molecule has 6 heteroatoms. The maximum atomic E-state index is 11.2. The highest BCUT2D eigenvalue weighted by molar-refractivity contribution is 5.98. The van der Waals surface area contributed by atoms with Crippen molar-refractivity contribution in [2.45, 2.75) is 0 Å². The number of benzene rings is 6. The van der Waals surface area contributed by atoms with E-state index in [0.717, 1.165) is 55.6 Å². The fraction of sp³-hybridized carbons (Fsp3) is 0. The van der Waals surface area contributed by atoms with E-state index in [2.05, 4.69) is 36.4 Å². The van der Waals surface area contributed by atoms with Gasteiger partial charge < -0.3 is 0 Å². The highest BCUT2D eigenvalue weighted by Crippen LogP contribution is 2.43. The Morgan fingerprint density at radius 2 is 0.524 bits per heavy atom. The zero-order valence-corrected chi connectivity index (χ0v) is 22.4. The summed E-state index contributed by atoms with van der Waals surface area (Å²) in [6, 6.07) is 45.9. The zero-order chi connectivity index (χ0) is 29.1. The lowest BCUT2D eigenvalue weighted by molar-refractivity contribution is -0.385. The van der Waals surface area contributed by atoms with Crippen LogP contribution < -0.4 is 0 Å². The molecule has 6 aromatic carbocycles. The highest BCUT2D eigenvalue weighted by Gasteiger charge is 2.17. The van der Waals surface area contributed by atoms with Crippen molar-refractivity contribution < 1.29 is 9.85 Å². The number of non-ortho nitro benzene ring substituents is 2. The van der Waals surface area contributed by atoms with Crippen molar-refractivity contribution in [3.8, 4) is 55.6 Å². The first-order valence-electron chi connectivity index (χ1n) is 13.4. The minimum atomic E-state index is -0.392. The molecule has 6 aromatic rings. The summed E-state index contributed by atoms with van der Waals surface area (Å²) in [5.41, 5.74) is 10.0. The van der Waals surface area contributed by atoms with Gasteiger partial charge in [-0.15, -0.1) is 0 Å². The van der Waals surface area contributed by atoms with Crippen molar-refractivity contribution in [2.75, 3.05) is 0 Å². The molecule has 0 heterocycles. The Morgan fingerprint density at radius 3 is 0.762 bits per heavy atom. The average Bonchev–Trinajstić information content (AvgIpc) is 3.05. The summed E-state index contributed by atoms with van der Waals surface area (Å²) in [6.07, 6.45) is 0. The Labute approximate surface area is 242 Å². The molecule has 202 valence electrons. The molecule has 6 rings (SSSR count). The van der Waals surface area contributed by atoms with Crippen LogP contribution in [-0.2, 0) is 0 Å². The third-order valence-corrected chi connectivity index (χ3v) is 7.36. The zero-order valence-electron chi connectivity index (χ0n) is 22.4. The van der Waals surface area contributed by atoms with Gasteiger partial charge in [-0.2, -0.15) is 0 Å². The molecule has 0 spiro atoms. The van der Waals surface area contributed by atoms with Crippen LogP contribution >= 0.6 is 0 Å². The topological polar surface area (TPSA) is 86.3 Å². The Kier molecular flexibility index (Phi) is 7.10. The molecule has 0 unspecified atom stereocenters. The van der Waals surface area contributed by atoms with Crippen LogP contribution in [0.2, 0.25) is 0 Å². The molecule has 0 saturated heterocycles. The van der Waals surface area contributed by atoms with Crippen LogP contribution in [0.5, 0.6) is 0 Å². The van der Waals surface area contributed by atoms with Crippen molar-refractivity contribution in [1.29, 1.82) is 0 Å². The SMILES string of the molecule is O=[N+]([O-])c1ccc(-c2ccccc2-c2ccccc2-c2ccccc2-c2ccccc2-c2ccc([N+](=O)[O-])cc2)cc1. The van der Waals surface area contributed by atoms with Gasteiger partial charge in [-0.25, -0.2) is 0 Å². The van der Waals surface area contributed by atoms with Crippen LogP contribution in [0, 0.1) is 20.2 Å². The molecule has 0 aliphatic heterocycles. The van der Waals surface area contributed by atoms with Crippen molar-refractivity contribution in [2.24, 2.45) is 0 Å². The van der Waals surface area contributed by atoms with Crippen LogP contribution in [0.4, 0.5) is 11.4 Å². The third-order valence-electron chi connectivity index (χ3n) is 7.36. The second-order valence-electron chi connectivity index (χ2n) is 9.79. The predicted molar refractivity (Wildman–Crippen MR) is 167 cm³/mol. The Balaban J connectivity index is 1.50. The molecule has 0 atom stereocenters. The molecule has 0 fully saturated rings. The van der Waals surface area contributed by atoms with E-state index in [0.29, 0.717) is 0 Å². The van der Waals surface area contributed by atoms with E-state index < -0.39 is 9.85 Å². The van der Waals surface area contributed by atoms with Crippen LogP contribution in [0.3, 0.4) is 0 Å². The molecule has 6 nitrogen and oxygen atoms in total. The van der Waals surface area contributed by atoms with E-state index >= 15 is 0 Å². The minimum Gasteiger partial charge on any atom is -0.258 e. The molecule has 0 aromatic heterocycles. The molecule has 0 radical (unpaired) electrons. The highest BCUT2D eigenvalue weighted by atomic mass is 16.6. The largest absolute Gasteiger partial charge is 0.269 e. The third kappa shape index (κ3) is 5.05. The first kappa shape index (κ1) is 26.3. The second-order valence-corrected chi connectivity index (χ2v) is 9.79. The molecular formula is C36H24N2O4. The summed E-state index contributed by atoms with van der Waals surface area (Å²) in [6.45, 7) is 0. The van der Waals surface area contributed by atoms with Crippen LogP contribution in [-0.4, -0.2) is 9.85 Å². The van der Waals surface area contributed by atoms with E-state index in [-0.39, 0.29) is 11.4 Å². The van der Waals surface area contributed by atoms with Gasteiger partial charge in [0.15, 0.2) is 0 Å². The van der Waals surface area contributed by atoms with Gasteiger partial charge in [-0.3, -0.25) is 20.2 Å². The summed E-state index contributed by atoms with van der Waals surface area (Å²) >= 11 is 0.